The van der Waals surface area contributed by atoms with E-state index in [-0.39, 0.29) is 30.1 Å². The molecule has 0 aliphatic carbocycles. The number of amides is 2. The minimum atomic E-state index is -0.605. The van der Waals surface area contributed by atoms with E-state index in [4.69, 9.17) is 4.74 Å². The van der Waals surface area contributed by atoms with Crippen LogP contribution in [0.4, 0.5) is 0 Å². The van der Waals surface area contributed by atoms with E-state index in [2.05, 4.69) is 16.0 Å². The van der Waals surface area contributed by atoms with E-state index in [1.807, 2.05) is 60.7 Å². The van der Waals surface area contributed by atoms with Gasteiger partial charge in [-0.25, -0.2) is 4.68 Å². The monoisotopic (exact) mass is 456 g/mol. The summed E-state index contributed by atoms with van der Waals surface area (Å²) >= 11 is 0. The molecule has 34 heavy (non-hydrogen) atoms. The molecule has 0 aliphatic rings. The van der Waals surface area contributed by atoms with Crippen LogP contribution in [-0.2, 0) is 11.3 Å². The first kappa shape index (κ1) is 22.7. The maximum absolute atomic E-state index is 12.9. The summed E-state index contributed by atoms with van der Waals surface area (Å²) in [5.74, 6) is -0.224. The summed E-state index contributed by atoms with van der Waals surface area (Å²) < 4.78 is 6.82. The van der Waals surface area contributed by atoms with Crippen LogP contribution in [-0.4, -0.2) is 28.2 Å². The van der Waals surface area contributed by atoms with Crippen molar-refractivity contribution >= 4 is 22.6 Å². The van der Waals surface area contributed by atoms with Gasteiger partial charge in [-0.15, -0.1) is 0 Å². The molecular formula is C26H24N4O4. The molecule has 172 valence electrons. The van der Waals surface area contributed by atoms with Crippen LogP contribution >= 0.6 is 0 Å². The van der Waals surface area contributed by atoms with Gasteiger partial charge in [0.2, 0.25) is 5.91 Å². The number of benzene rings is 3. The van der Waals surface area contributed by atoms with Crippen molar-refractivity contribution in [2.24, 2.45) is 0 Å². The lowest BCUT2D eigenvalue weighted by Crippen LogP contribution is -2.42. The average Bonchev–Trinajstić information content (AvgIpc) is 2.88. The molecule has 0 radical (unpaired) electrons. The largest absolute Gasteiger partial charge is 0.494 e. The van der Waals surface area contributed by atoms with Crippen molar-refractivity contribution in [2.75, 3.05) is 6.61 Å². The molecule has 0 spiro atoms. The van der Waals surface area contributed by atoms with Crippen LogP contribution in [0.5, 0.6) is 5.75 Å². The molecular weight excluding hydrogens is 432 g/mol. The maximum Gasteiger partial charge on any atom is 0.290 e. The van der Waals surface area contributed by atoms with Crippen LogP contribution in [0.2, 0.25) is 0 Å². The molecule has 0 atom stereocenters. The first-order valence-electron chi connectivity index (χ1n) is 10.9. The summed E-state index contributed by atoms with van der Waals surface area (Å²) in [5, 5.41) is 5.10. The van der Waals surface area contributed by atoms with Gasteiger partial charge >= 0.3 is 0 Å². The Labute approximate surface area is 196 Å². The number of hydrogen-bond donors (Lipinski definition) is 2. The fourth-order valence-electron chi connectivity index (χ4n) is 3.45. The Balaban J connectivity index is 1.41. The molecule has 2 amide bonds. The van der Waals surface area contributed by atoms with E-state index >= 15 is 0 Å². The zero-order valence-corrected chi connectivity index (χ0v) is 18.4. The van der Waals surface area contributed by atoms with Crippen LogP contribution in [0.15, 0.2) is 89.7 Å². The van der Waals surface area contributed by atoms with Gasteiger partial charge in [-0.3, -0.25) is 25.2 Å². The quantitative estimate of drug-likeness (QED) is 0.313. The predicted molar refractivity (Wildman–Crippen MR) is 128 cm³/mol. The number of aromatic nitrogens is 2. The van der Waals surface area contributed by atoms with E-state index in [1.165, 1.54) is 4.68 Å². The number of rotatable bonds is 8. The van der Waals surface area contributed by atoms with Gasteiger partial charge in [0.15, 0.2) is 5.69 Å². The third kappa shape index (κ3) is 5.66. The van der Waals surface area contributed by atoms with Gasteiger partial charge in [0.05, 0.1) is 18.5 Å². The predicted octanol–water partition coefficient (Wildman–Crippen LogP) is 3.07. The van der Waals surface area contributed by atoms with Gasteiger partial charge in [0.1, 0.15) is 5.75 Å². The Hall–Kier alpha value is -4.46. The molecule has 0 saturated carbocycles. The Bertz CT molecular complexity index is 1340. The topological polar surface area (TPSA) is 102 Å². The summed E-state index contributed by atoms with van der Waals surface area (Å²) in [7, 11) is 0. The highest BCUT2D eigenvalue weighted by Gasteiger charge is 2.17. The lowest BCUT2D eigenvalue weighted by atomic mass is 10.1. The van der Waals surface area contributed by atoms with Gasteiger partial charge in [-0.1, -0.05) is 66.7 Å². The lowest BCUT2D eigenvalue weighted by molar-refractivity contribution is -0.122. The molecule has 0 saturated heterocycles. The van der Waals surface area contributed by atoms with E-state index in [0.717, 1.165) is 11.3 Å². The second-order valence-electron chi connectivity index (χ2n) is 7.61. The van der Waals surface area contributed by atoms with Gasteiger partial charge in [0.25, 0.3) is 11.5 Å². The van der Waals surface area contributed by atoms with E-state index in [1.54, 1.807) is 24.3 Å². The Morgan fingerprint density at radius 1 is 0.824 bits per heavy atom. The Morgan fingerprint density at radius 2 is 1.47 bits per heavy atom. The number of carbonyl (C=O) groups excluding carboxylic acids is 2. The van der Waals surface area contributed by atoms with Crippen molar-refractivity contribution in [3.63, 3.8) is 0 Å². The van der Waals surface area contributed by atoms with E-state index in [0.29, 0.717) is 23.8 Å². The minimum Gasteiger partial charge on any atom is -0.494 e. The van der Waals surface area contributed by atoms with Crippen molar-refractivity contribution in [3.8, 4) is 5.75 Å². The second-order valence-corrected chi connectivity index (χ2v) is 7.61. The molecule has 0 bridgehead atoms. The summed E-state index contributed by atoms with van der Waals surface area (Å²) in [4.78, 5) is 37.9. The summed E-state index contributed by atoms with van der Waals surface area (Å²) in [5.41, 5.74) is 5.45. The minimum absolute atomic E-state index is 0.0545. The smallest absolute Gasteiger partial charge is 0.290 e. The van der Waals surface area contributed by atoms with Gasteiger partial charge < -0.3 is 4.74 Å². The number of nitrogens with zero attached hydrogens (tertiary/aromatic N) is 2. The highest BCUT2D eigenvalue weighted by atomic mass is 16.5. The van der Waals surface area contributed by atoms with E-state index in [9.17, 15) is 14.4 Å². The number of ether oxygens (including phenoxy) is 1. The number of hydrazine groups is 1. The van der Waals surface area contributed by atoms with Crippen molar-refractivity contribution in [1.29, 1.82) is 0 Å². The molecule has 3 aromatic carbocycles. The fraction of sp³-hybridized carbons (Fsp3) is 0.154. The van der Waals surface area contributed by atoms with Crippen LogP contribution in [0.25, 0.3) is 10.8 Å². The number of hydrogen-bond acceptors (Lipinski definition) is 5. The number of fused-ring (bicyclic) bond motifs is 1. The van der Waals surface area contributed by atoms with Crippen molar-refractivity contribution < 1.29 is 14.3 Å². The third-order valence-corrected chi connectivity index (χ3v) is 5.13. The first-order valence-corrected chi connectivity index (χ1v) is 10.9. The number of carbonyl (C=O) groups is 2. The van der Waals surface area contributed by atoms with Crippen LogP contribution in [0.1, 0.15) is 28.9 Å². The SMILES string of the molecule is O=C(CCCOc1ccccc1)NNC(=O)c1nn(Cc2ccccc2)c(=O)c2ccccc12. The number of nitrogens with one attached hydrogen (secondary N) is 2. The van der Waals surface area contributed by atoms with Gasteiger partial charge in [0, 0.05) is 11.8 Å². The fourth-order valence-corrected chi connectivity index (χ4v) is 3.45. The first-order chi connectivity index (χ1) is 16.6. The van der Waals surface area contributed by atoms with Gasteiger partial charge in [-0.2, -0.15) is 5.10 Å². The zero-order chi connectivity index (χ0) is 23.8. The van der Waals surface area contributed by atoms with Crippen molar-refractivity contribution in [2.45, 2.75) is 19.4 Å². The third-order valence-electron chi connectivity index (χ3n) is 5.13. The molecule has 0 fully saturated rings. The molecule has 0 aliphatic heterocycles. The summed E-state index contributed by atoms with van der Waals surface area (Å²) in [6, 6.07) is 25.5. The lowest BCUT2D eigenvalue weighted by Gasteiger charge is -2.12. The molecule has 4 aromatic rings. The number of para-hydroxylation sites is 1. The molecule has 8 heteroatoms. The Kier molecular flexibility index (Phi) is 7.29. The summed E-state index contributed by atoms with van der Waals surface area (Å²) in [6.07, 6.45) is 0.661. The standard InChI is InChI=1S/C26H24N4O4/c31-23(16-9-17-34-20-12-5-2-6-13-20)27-28-25(32)24-21-14-7-8-15-22(21)26(33)30(29-24)18-19-10-3-1-4-11-19/h1-8,10-15H,9,16-18H2,(H,27,31)(H,28,32). The maximum atomic E-state index is 12.9. The molecule has 4 rings (SSSR count). The normalized spacial score (nSPS) is 10.6. The van der Waals surface area contributed by atoms with Crippen LogP contribution in [0, 0.1) is 0 Å². The molecule has 8 nitrogen and oxygen atoms in total. The Morgan fingerprint density at radius 3 is 2.21 bits per heavy atom. The molecule has 0 unspecified atom stereocenters. The molecule has 1 aromatic heterocycles. The average molecular weight is 457 g/mol. The molecule has 1 heterocycles. The van der Waals surface area contributed by atoms with Crippen LogP contribution < -0.4 is 21.1 Å². The molecule has 2 N–H and O–H groups in total. The van der Waals surface area contributed by atoms with Crippen molar-refractivity contribution in [3.05, 3.63) is 107 Å². The van der Waals surface area contributed by atoms with Crippen molar-refractivity contribution in [1.82, 2.24) is 20.6 Å². The van der Waals surface area contributed by atoms with Gasteiger partial charge in [-0.05, 0) is 30.2 Å². The zero-order valence-electron chi connectivity index (χ0n) is 18.4. The second kappa shape index (κ2) is 10.9. The van der Waals surface area contributed by atoms with E-state index < -0.39 is 5.91 Å². The highest BCUT2D eigenvalue weighted by molar-refractivity contribution is 6.05. The van der Waals surface area contributed by atoms with Crippen LogP contribution in [0.3, 0.4) is 0 Å². The summed E-state index contributed by atoms with van der Waals surface area (Å²) in [6.45, 7) is 0.598. The highest BCUT2D eigenvalue weighted by Crippen LogP contribution is 2.14.